The SMILES string of the molecule is O=C(O)CCN1CCN(CCOc2ccc(Br)cc2)CC1. The number of rotatable bonds is 7. The molecule has 0 aromatic heterocycles. The van der Waals surface area contributed by atoms with Gasteiger partial charge in [0.15, 0.2) is 0 Å². The first-order valence-electron chi connectivity index (χ1n) is 7.18. The van der Waals surface area contributed by atoms with Crippen LogP contribution in [-0.2, 0) is 4.79 Å². The number of carboxylic acids is 1. The molecule has 21 heavy (non-hydrogen) atoms. The molecule has 1 aliphatic heterocycles. The minimum atomic E-state index is -0.722. The number of halogens is 1. The van der Waals surface area contributed by atoms with Crippen molar-refractivity contribution in [2.24, 2.45) is 0 Å². The predicted octanol–water partition coefficient (Wildman–Crippen LogP) is 1.92. The normalized spacial score (nSPS) is 16.8. The maximum absolute atomic E-state index is 10.5. The summed E-state index contributed by atoms with van der Waals surface area (Å²) in [5.41, 5.74) is 0. The second kappa shape index (κ2) is 8.36. The number of benzene rings is 1. The van der Waals surface area contributed by atoms with E-state index >= 15 is 0 Å². The van der Waals surface area contributed by atoms with E-state index in [0.29, 0.717) is 13.2 Å². The van der Waals surface area contributed by atoms with E-state index in [1.165, 1.54) is 0 Å². The van der Waals surface area contributed by atoms with E-state index < -0.39 is 5.97 Å². The Balaban J connectivity index is 1.60. The van der Waals surface area contributed by atoms with Crippen molar-refractivity contribution in [2.45, 2.75) is 6.42 Å². The first-order chi connectivity index (χ1) is 10.1. The number of carboxylic acid groups (broad SMARTS) is 1. The lowest BCUT2D eigenvalue weighted by Gasteiger charge is -2.34. The molecular formula is C15H21BrN2O3. The van der Waals surface area contributed by atoms with Gasteiger partial charge in [-0.05, 0) is 24.3 Å². The molecule has 5 nitrogen and oxygen atoms in total. The highest BCUT2D eigenvalue weighted by Crippen LogP contribution is 2.16. The summed E-state index contributed by atoms with van der Waals surface area (Å²) >= 11 is 3.40. The van der Waals surface area contributed by atoms with E-state index in [0.717, 1.165) is 42.9 Å². The number of piperazine rings is 1. The third-order valence-corrected chi connectivity index (χ3v) is 4.13. The summed E-state index contributed by atoms with van der Waals surface area (Å²) in [6.45, 7) is 6.06. The highest BCUT2D eigenvalue weighted by molar-refractivity contribution is 9.10. The molecule has 0 amide bonds. The fourth-order valence-corrected chi connectivity index (χ4v) is 2.58. The van der Waals surface area contributed by atoms with Crippen LogP contribution in [0.25, 0.3) is 0 Å². The lowest BCUT2D eigenvalue weighted by Crippen LogP contribution is -2.47. The minimum absolute atomic E-state index is 0.229. The highest BCUT2D eigenvalue weighted by Gasteiger charge is 2.16. The summed E-state index contributed by atoms with van der Waals surface area (Å²) in [5.74, 6) is 0.165. The smallest absolute Gasteiger partial charge is 0.304 e. The third kappa shape index (κ3) is 6.03. The Morgan fingerprint density at radius 1 is 1.10 bits per heavy atom. The van der Waals surface area contributed by atoms with Crippen LogP contribution in [0.3, 0.4) is 0 Å². The number of carbonyl (C=O) groups is 1. The van der Waals surface area contributed by atoms with Gasteiger partial charge in [0, 0.05) is 43.7 Å². The summed E-state index contributed by atoms with van der Waals surface area (Å²) in [7, 11) is 0. The van der Waals surface area contributed by atoms with Crippen molar-refractivity contribution < 1.29 is 14.6 Å². The van der Waals surface area contributed by atoms with E-state index in [2.05, 4.69) is 25.7 Å². The number of hydrogen-bond donors (Lipinski definition) is 1. The van der Waals surface area contributed by atoms with Crippen LogP contribution in [0, 0.1) is 0 Å². The van der Waals surface area contributed by atoms with Gasteiger partial charge in [0.2, 0.25) is 0 Å². The molecule has 1 N–H and O–H groups in total. The van der Waals surface area contributed by atoms with Gasteiger partial charge in [-0.1, -0.05) is 15.9 Å². The molecule has 1 aliphatic rings. The van der Waals surface area contributed by atoms with Crippen LogP contribution in [0.1, 0.15) is 6.42 Å². The first-order valence-corrected chi connectivity index (χ1v) is 7.97. The maximum Gasteiger partial charge on any atom is 0.304 e. The van der Waals surface area contributed by atoms with Crippen LogP contribution in [0.2, 0.25) is 0 Å². The van der Waals surface area contributed by atoms with Crippen LogP contribution in [0.15, 0.2) is 28.7 Å². The van der Waals surface area contributed by atoms with Gasteiger partial charge in [0.05, 0.1) is 6.42 Å². The topological polar surface area (TPSA) is 53.0 Å². The van der Waals surface area contributed by atoms with Crippen molar-refractivity contribution in [3.8, 4) is 5.75 Å². The van der Waals surface area contributed by atoms with Crippen LogP contribution in [0.4, 0.5) is 0 Å². The molecule has 0 saturated carbocycles. The van der Waals surface area contributed by atoms with E-state index in [1.807, 2.05) is 24.3 Å². The van der Waals surface area contributed by atoms with Gasteiger partial charge in [0.25, 0.3) is 0 Å². The summed E-state index contributed by atoms with van der Waals surface area (Å²) in [6.07, 6.45) is 0.229. The average Bonchev–Trinajstić information content (AvgIpc) is 2.48. The Labute approximate surface area is 133 Å². The minimum Gasteiger partial charge on any atom is -0.492 e. The lowest BCUT2D eigenvalue weighted by atomic mass is 10.3. The zero-order chi connectivity index (χ0) is 15.1. The van der Waals surface area contributed by atoms with Gasteiger partial charge in [-0.2, -0.15) is 0 Å². The second-order valence-corrected chi connectivity index (χ2v) is 6.05. The van der Waals surface area contributed by atoms with Crippen molar-refractivity contribution in [2.75, 3.05) is 45.9 Å². The van der Waals surface area contributed by atoms with Gasteiger partial charge in [0.1, 0.15) is 12.4 Å². The molecule has 6 heteroatoms. The third-order valence-electron chi connectivity index (χ3n) is 3.60. The number of nitrogens with zero attached hydrogens (tertiary/aromatic N) is 2. The van der Waals surface area contributed by atoms with Crippen molar-refractivity contribution in [1.29, 1.82) is 0 Å². The van der Waals surface area contributed by atoms with Crippen LogP contribution < -0.4 is 4.74 Å². The fourth-order valence-electron chi connectivity index (χ4n) is 2.31. The average molecular weight is 357 g/mol. The predicted molar refractivity (Wildman–Crippen MR) is 84.8 cm³/mol. The molecular weight excluding hydrogens is 336 g/mol. The number of ether oxygens (including phenoxy) is 1. The molecule has 0 bridgehead atoms. The molecule has 1 aromatic rings. The Bertz CT molecular complexity index is 445. The van der Waals surface area contributed by atoms with E-state index in [1.54, 1.807) is 0 Å². The summed E-state index contributed by atoms with van der Waals surface area (Å²) in [4.78, 5) is 15.1. The maximum atomic E-state index is 10.5. The monoisotopic (exact) mass is 356 g/mol. The van der Waals surface area contributed by atoms with Crippen molar-refractivity contribution >= 4 is 21.9 Å². The fraction of sp³-hybridized carbons (Fsp3) is 0.533. The van der Waals surface area contributed by atoms with Gasteiger partial charge >= 0.3 is 5.97 Å². The van der Waals surface area contributed by atoms with Crippen LogP contribution >= 0.6 is 15.9 Å². The molecule has 0 radical (unpaired) electrons. The molecule has 0 aliphatic carbocycles. The van der Waals surface area contributed by atoms with Crippen molar-refractivity contribution in [3.05, 3.63) is 28.7 Å². The first kappa shape index (κ1) is 16.3. The Morgan fingerprint density at radius 3 is 2.24 bits per heavy atom. The summed E-state index contributed by atoms with van der Waals surface area (Å²) in [5, 5.41) is 8.68. The summed E-state index contributed by atoms with van der Waals surface area (Å²) < 4.78 is 6.76. The molecule has 1 heterocycles. The van der Waals surface area contributed by atoms with Crippen molar-refractivity contribution in [1.82, 2.24) is 9.80 Å². The molecule has 1 saturated heterocycles. The molecule has 116 valence electrons. The Kier molecular flexibility index (Phi) is 6.48. The largest absolute Gasteiger partial charge is 0.492 e. The van der Waals surface area contributed by atoms with E-state index in [-0.39, 0.29) is 6.42 Å². The molecule has 2 rings (SSSR count). The number of hydrogen-bond acceptors (Lipinski definition) is 4. The highest BCUT2D eigenvalue weighted by atomic mass is 79.9. The van der Waals surface area contributed by atoms with Crippen LogP contribution in [0.5, 0.6) is 5.75 Å². The van der Waals surface area contributed by atoms with Gasteiger partial charge in [-0.25, -0.2) is 0 Å². The zero-order valence-corrected chi connectivity index (χ0v) is 13.6. The van der Waals surface area contributed by atoms with Crippen LogP contribution in [-0.4, -0.2) is 66.8 Å². The van der Waals surface area contributed by atoms with Gasteiger partial charge < -0.3 is 14.7 Å². The molecule has 0 unspecified atom stereocenters. The summed E-state index contributed by atoms with van der Waals surface area (Å²) in [6, 6.07) is 7.84. The number of aliphatic carboxylic acids is 1. The lowest BCUT2D eigenvalue weighted by molar-refractivity contribution is -0.137. The standard InChI is InChI=1S/C15H21BrN2O3/c16-13-1-3-14(4-2-13)21-12-11-18-9-7-17(8-10-18)6-5-15(19)20/h1-4H,5-12H2,(H,19,20). The van der Waals surface area contributed by atoms with Gasteiger partial charge in [-0.15, -0.1) is 0 Å². The van der Waals surface area contributed by atoms with E-state index in [4.69, 9.17) is 9.84 Å². The quantitative estimate of drug-likeness (QED) is 0.808. The van der Waals surface area contributed by atoms with Gasteiger partial charge in [-0.3, -0.25) is 9.69 Å². The molecule has 1 fully saturated rings. The molecule has 1 aromatic carbocycles. The Morgan fingerprint density at radius 2 is 1.67 bits per heavy atom. The molecule has 0 atom stereocenters. The van der Waals surface area contributed by atoms with Crippen molar-refractivity contribution in [3.63, 3.8) is 0 Å². The Hall–Kier alpha value is -1.11. The zero-order valence-electron chi connectivity index (χ0n) is 12.0. The second-order valence-electron chi connectivity index (χ2n) is 5.13. The molecule has 0 spiro atoms. The van der Waals surface area contributed by atoms with E-state index in [9.17, 15) is 4.79 Å².